The van der Waals surface area contributed by atoms with Crippen molar-refractivity contribution in [3.05, 3.63) is 135 Å². The Hall–Kier alpha value is -5.15. The van der Waals surface area contributed by atoms with E-state index in [4.69, 9.17) is 9.73 Å². The standard InChI is InChI=1S/C30H22N4O5/c1-39-23-17-11-20(12-18-23)27-28(32(27)33-29(35)24-9-5-6-10-25(24)30(33)36)26(19-7-3-2-4-8-19)31-21-13-15-22(16-14-21)34(37)38/h2-18,27-28H,1H3/t27-,28-,32?/m1/s1. The van der Waals surface area contributed by atoms with Crippen LogP contribution in [0.3, 0.4) is 0 Å². The molecule has 1 unspecified atom stereocenters. The lowest BCUT2D eigenvalue weighted by Crippen LogP contribution is -2.37. The van der Waals surface area contributed by atoms with Crippen LogP contribution in [-0.4, -0.2) is 45.6 Å². The topological polar surface area (TPSA) is 105 Å². The lowest BCUT2D eigenvalue weighted by molar-refractivity contribution is -0.384. The van der Waals surface area contributed by atoms with E-state index in [9.17, 15) is 19.7 Å². The molecule has 39 heavy (non-hydrogen) atoms. The van der Waals surface area contributed by atoms with Crippen LogP contribution in [0.25, 0.3) is 0 Å². The summed E-state index contributed by atoms with van der Waals surface area (Å²) in [6.45, 7) is 0. The lowest BCUT2D eigenvalue weighted by Gasteiger charge is -2.17. The predicted molar refractivity (Wildman–Crippen MR) is 144 cm³/mol. The van der Waals surface area contributed by atoms with Gasteiger partial charge in [-0.1, -0.05) is 54.6 Å². The van der Waals surface area contributed by atoms with E-state index in [-0.39, 0.29) is 23.5 Å². The highest BCUT2D eigenvalue weighted by molar-refractivity contribution is 6.21. The second-order valence-electron chi connectivity index (χ2n) is 9.15. The summed E-state index contributed by atoms with van der Waals surface area (Å²) >= 11 is 0. The molecule has 0 saturated carbocycles. The summed E-state index contributed by atoms with van der Waals surface area (Å²) in [6, 6.07) is 28.9. The molecule has 9 nitrogen and oxygen atoms in total. The summed E-state index contributed by atoms with van der Waals surface area (Å²) in [6.07, 6.45) is 0. The van der Waals surface area contributed by atoms with Crippen molar-refractivity contribution in [3.63, 3.8) is 0 Å². The van der Waals surface area contributed by atoms with E-state index in [1.165, 1.54) is 17.1 Å². The fraction of sp³-hybridized carbons (Fsp3) is 0.100. The Morgan fingerprint density at radius 1 is 0.821 bits per heavy atom. The van der Waals surface area contributed by atoms with Crippen molar-refractivity contribution in [2.75, 3.05) is 7.11 Å². The number of imide groups is 1. The fourth-order valence-electron chi connectivity index (χ4n) is 4.96. The molecule has 4 aromatic carbocycles. The highest BCUT2D eigenvalue weighted by Crippen LogP contribution is 2.49. The zero-order valence-electron chi connectivity index (χ0n) is 20.8. The van der Waals surface area contributed by atoms with E-state index in [0.717, 1.165) is 11.1 Å². The van der Waals surface area contributed by atoms with Crippen LogP contribution in [0.4, 0.5) is 11.4 Å². The quantitative estimate of drug-likeness (QED) is 0.107. The molecule has 0 aromatic heterocycles. The largest absolute Gasteiger partial charge is 0.497 e. The van der Waals surface area contributed by atoms with Gasteiger partial charge in [-0.15, -0.1) is 0 Å². The summed E-state index contributed by atoms with van der Waals surface area (Å²) in [5.41, 5.74) is 3.50. The number of amides is 2. The molecule has 0 bridgehead atoms. The van der Waals surface area contributed by atoms with Crippen molar-refractivity contribution in [1.29, 1.82) is 0 Å². The highest BCUT2D eigenvalue weighted by Gasteiger charge is 2.60. The third kappa shape index (κ3) is 4.24. The molecule has 6 rings (SSSR count). The minimum atomic E-state index is -0.462. The molecule has 192 valence electrons. The summed E-state index contributed by atoms with van der Waals surface area (Å²) in [4.78, 5) is 42.5. The van der Waals surface area contributed by atoms with Crippen molar-refractivity contribution < 1.29 is 19.2 Å². The number of non-ortho nitro benzene ring substituents is 1. The normalized spacial score (nSPS) is 20.1. The Kier molecular flexibility index (Phi) is 5.97. The van der Waals surface area contributed by atoms with Gasteiger partial charge in [-0.3, -0.25) is 24.7 Å². The van der Waals surface area contributed by atoms with Crippen LogP contribution in [0.1, 0.15) is 37.9 Å². The number of hydrazine groups is 1. The minimum Gasteiger partial charge on any atom is -0.497 e. The molecular formula is C30H22N4O5. The zero-order chi connectivity index (χ0) is 27.1. The smallest absolute Gasteiger partial charge is 0.276 e. The van der Waals surface area contributed by atoms with E-state index < -0.39 is 11.0 Å². The second kappa shape index (κ2) is 9.62. The molecule has 0 aliphatic carbocycles. The van der Waals surface area contributed by atoms with Gasteiger partial charge in [-0.2, -0.15) is 5.01 Å². The zero-order valence-corrected chi connectivity index (χ0v) is 20.8. The van der Waals surface area contributed by atoms with Gasteiger partial charge in [0.25, 0.3) is 17.5 Å². The van der Waals surface area contributed by atoms with Crippen LogP contribution in [-0.2, 0) is 0 Å². The average Bonchev–Trinajstić information content (AvgIpc) is 3.64. The van der Waals surface area contributed by atoms with Crippen LogP contribution in [0.15, 0.2) is 108 Å². The number of hydrogen-bond donors (Lipinski definition) is 0. The van der Waals surface area contributed by atoms with Crippen LogP contribution in [0.2, 0.25) is 0 Å². The van der Waals surface area contributed by atoms with Crippen LogP contribution in [0, 0.1) is 10.1 Å². The maximum Gasteiger partial charge on any atom is 0.276 e. The Bertz CT molecular complexity index is 1580. The number of aliphatic imine (C=N–C) groups is 1. The first-order chi connectivity index (χ1) is 19.0. The third-order valence-corrected chi connectivity index (χ3v) is 6.90. The van der Waals surface area contributed by atoms with Crippen molar-refractivity contribution in [2.24, 2.45) is 4.99 Å². The first-order valence-corrected chi connectivity index (χ1v) is 12.3. The summed E-state index contributed by atoms with van der Waals surface area (Å²) in [5, 5.41) is 14.1. The van der Waals surface area contributed by atoms with Gasteiger partial charge in [0.1, 0.15) is 5.75 Å². The first-order valence-electron chi connectivity index (χ1n) is 12.3. The lowest BCUT2D eigenvalue weighted by atomic mass is 10.0. The number of hydrogen-bond acceptors (Lipinski definition) is 7. The van der Waals surface area contributed by atoms with Gasteiger partial charge in [0.15, 0.2) is 0 Å². The molecule has 4 aromatic rings. The Morgan fingerprint density at radius 2 is 1.41 bits per heavy atom. The third-order valence-electron chi connectivity index (χ3n) is 6.90. The van der Waals surface area contributed by atoms with E-state index in [0.29, 0.717) is 28.3 Å². The Labute approximate surface area is 223 Å². The van der Waals surface area contributed by atoms with E-state index in [1.54, 1.807) is 48.5 Å². The molecule has 0 spiro atoms. The molecule has 0 N–H and O–H groups in total. The number of methoxy groups -OCH3 is 1. The maximum atomic E-state index is 13.5. The molecule has 3 atom stereocenters. The molecule has 2 amide bonds. The number of nitro benzene ring substituents is 1. The number of carbonyl (C=O) groups excluding carboxylic acids is 2. The van der Waals surface area contributed by atoms with Crippen LogP contribution >= 0.6 is 0 Å². The second-order valence-corrected chi connectivity index (χ2v) is 9.15. The van der Waals surface area contributed by atoms with Gasteiger partial charge >= 0.3 is 0 Å². The molecule has 0 radical (unpaired) electrons. The van der Waals surface area contributed by atoms with E-state index in [1.807, 2.05) is 54.6 Å². The number of rotatable bonds is 7. The van der Waals surface area contributed by atoms with E-state index in [2.05, 4.69) is 0 Å². The predicted octanol–water partition coefficient (Wildman–Crippen LogP) is 5.36. The molecule has 2 aliphatic rings. The SMILES string of the molecule is COc1ccc([C@@H]2[C@@H](C(=Nc3ccc([N+](=O)[O-])cc3)c3ccccc3)N2N2C(=O)c3ccccc3C2=O)cc1. The van der Waals surface area contributed by atoms with Crippen LogP contribution in [0.5, 0.6) is 5.75 Å². The molecular weight excluding hydrogens is 496 g/mol. The van der Waals surface area contributed by atoms with Gasteiger partial charge in [-0.05, 0) is 47.5 Å². The monoisotopic (exact) mass is 518 g/mol. The number of nitrogens with zero attached hydrogens (tertiary/aromatic N) is 4. The summed E-state index contributed by atoms with van der Waals surface area (Å²) < 4.78 is 5.32. The van der Waals surface area contributed by atoms with Crippen molar-refractivity contribution >= 4 is 28.9 Å². The molecule has 2 heterocycles. The summed E-state index contributed by atoms with van der Waals surface area (Å²) in [7, 11) is 1.59. The van der Waals surface area contributed by atoms with Crippen molar-refractivity contribution in [2.45, 2.75) is 12.1 Å². The number of fused-ring (bicyclic) bond motifs is 1. The molecule has 9 heteroatoms. The minimum absolute atomic E-state index is 0.0367. The number of nitro groups is 1. The number of benzene rings is 4. The maximum absolute atomic E-state index is 13.5. The summed E-state index contributed by atoms with van der Waals surface area (Å²) in [5.74, 6) is -0.0928. The highest BCUT2D eigenvalue weighted by atomic mass is 16.6. The molecule has 1 saturated heterocycles. The Morgan fingerprint density at radius 3 is 1.97 bits per heavy atom. The first kappa shape index (κ1) is 24.2. The van der Waals surface area contributed by atoms with E-state index >= 15 is 0 Å². The van der Waals surface area contributed by atoms with Crippen LogP contribution < -0.4 is 4.74 Å². The van der Waals surface area contributed by atoms with Gasteiger partial charge in [-0.25, -0.2) is 5.01 Å². The molecule has 2 aliphatic heterocycles. The Balaban J connectivity index is 1.47. The van der Waals surface area contributed by atoms with Gasteiger partial charge in [0.05, 0.1) is 46.6 Å². The van der Waals surface area contributed by atoms with Gasteiger partial charge in [0.2, 0.25) is 0 Å². The van der Waals surface area contributed by atoms with Crippen molar-refractivity contribution in [1.82, 2.24) is 10.0 Å². The van der Waals surface area contributed by atoms with Gasteiger partial charge < -0.3 is 4.74 Å². The average molecular weight is 519 g/mol. The number of ether oxygens (including phenoxy) is 1. The van der Waals surface area contributed by atoms with Gasteiger partial charge in [0, 0.05) is 12.1 Å². The number of carbonyl (C=O) groups is 2. The van der Waals surface area contributed by atoms with Crippen molar-refractivity contribution in [3.8, 4) is 5.75 Å². The molecule has 1 fully saturated rings. The fourth-order valence-corrected chi connectivity index (χ4v) is 4.96.